The number of carbonyl (C=O) groups is 4. The van der Waals surface area contributed by atoms with Crippen LogP contribution >= 0.6 is 11.6 Å². The highest BCUT2D eigenvalue weighted by molar-refractivity contribution is 6.29. The maximum Gasteiger partial charge on any atom is 0.306 e. The minimum atomic E-state index is -2.40. The van der Waals surface area contributed by atoms with Gasteiger partial charge in [-0.2, -0.15) is 0 Å². The van der Waals surface area contributed by atoms with Gasteiger partial charge in [-0.05, 0) is 17.9 Å². The second kappa shape index (κ2) is 13.8. The van der Waals surface area contributed by atoms with Crippen LogP contribution < -0.4 is 11.2 Å². The van der Waals surface area contributed by atoms with Gasteiger partial charge in [0, 0.05) is 6.42 Å². The molecule has 1 aromatic carbocycles. The highest BCUT2D eigenvalue weighted by atomic mass is 35.5. The molecule has 0 radical (unpaired) electrons. The van der Waals surface area contributed by atoms with E-state index in [4.69, 9.17) is 22.1 Å². The predicted molar refractivity (Wildman–Crippen MR) is 120 cm³/mol. The lowest BCUT2D eigenvalue weighted by Gasteiger charge is -2.28. The number of nitrogens with one attached hydrogen (secondary N) is 1. The Morgan fingerprint density at radius 2 is 1.82 bits per heavy atom. The van der Waals surface area contributed by atoms with Gasteiger partial charge < -0.3 is 10.5 Å². The van der Waals surface area contributed by atoms with Crippen molar-refractivity contribution in [1.82, 2.24) is 10.4 Å². The molecular weight excluding hydrogens is 453 g/mol. The van der Waals surface area contributed by atoms with E-state index in [2.05, 4.69) is 5.43 Å². The number of nitrogens with zero attached hydrogens (tertiary/aromatic N) is 1. The van der Waals surface area contributed by atoms with E-state index < -0.39 is 35.2 Å². The highest BCUT2D eigenvalue weighted by Gasteiger charge is 2.31. The molecule has 182 valence electrons. The number of benzene rings is 1. The van der Waals surface area contributed by atoms with Crippen LogP contribution in [0.15, 0.2) is 30.3 Å². The second-order valence-corrected chi connectivity index (χ2v) is 8.65. The number of hydrogen-bond acceptors (Lipinski definition) is 5. The SMILES string of the molecule is NC(=O)CCN(NC(=O)[C@@H](CC(=O)OCc1ccccc1)CC1CCCCC1)C(=O)[C@H](F)Cl. The van der Waals surface area contributed by atoms with E-state index in [0.717, 1.165) is 37.7 Å². The van der Waals surface area contributed by atoms with E-state index in [1.54, 1.807) is 0 Å². The van der Waals surface area contributed by atoms with Gasteiger partial charge in [-0.25, -0.2) is 9.40 Å². The average Bonchev–Trinajstić information content (AvgIpc) is 2.80. The van der Waals surface area contributed by atoms with E-state index in [1.165, 1.54) is 0 Å². The Hall–Kier alpha value is -2.68. The third-order valence-electron chi connectivity index (χ3n) is 5.65. The fourth-order valence-corrected chi connectivity index (χ4v) is 4.01. The van der Waals surface area contributed by atoms with E-state index in [0.29, 0.717) is 11.4 Å². The Bertz CT molecular complexity index is 803. The molecule has 0 saturated heterocycles. The summed E-state index contributed by atoms with van der Waals surface area (Å²) in [4.78, 5) is 48.6. The van der Waals surface area contributed by atoms with E-state index in [9.17, 15) is 23.6 Å². The lowest BCUT2D eigenvalue weighted by Crippen LogP contribution is -2.51. The molecule has 0 spiro atoms. The third-order valence-corrected chi connectivity index (χ3v) is 5.84. The molecule has 0 heterocycles. The van der Waals surface area contributed by atoms with Crippen molar-refractivity contribution in [2.75, 3.05) is 6.54 Å². The van der Waals surface area contributed by atoms with Crippen LogP contribution in [0.2, 0.25) is 0 Å². The van der Waals surface area contributed by atoms with Crippen LogP contribution in [0.25, 0.3) is 0 Å². The van der Waals surface area contributed by atoms with Crippen LogP contribution in [0.5, 0.6) is 0 Å². The van der Waals surface area contributed by atoms with Crippen LogP contribution in [0.3, 0.4) is 0 Å². The first kappa shape index (κ1) is 26.6. The van der Waals surface area contributed by atoms with Crippen molar-refractivity contribution >= 4 is 35.3 Å². The number of hydrazine groups is 1. The number of ether oxygens (including phenoxy) is 1. The van der Waals surface area contributed by atoms with Crippen LogP contribution in [-0.4, -0.2) is 40.9 Å². The molecule has 3 amide bonds. The maximum absolute atomic E-state index is 13.4. The minimum Gasteiger partial charge on any atom is -0.461 e. The fourth-order valence-electron chi connectivity index (χ4n) is 3.89. The number of nitrogens with two attached hydrogens (primary N) is 1. The Morgan fingerprint density at radius 1 is 1.15 bits per heavy atom. The van der Waals surface area contributed by atoms with Gasteiger partial charge in [-0.3, -0.25) is 24.6 Å². The quantitative estimate of drug-likeness (QED) is 0.285. The first-order valence-electron chi connectivity index (χ1n) is 11.1. The summed E-state index contributed by atoms with van der Waals surface area (Å²) in [7, 11) is 0. The van der Waals surface area contributed by atoms with E-state index >= 15 is 0 Å². The zero-order valence-electron chi connectivity index (χ0n) is 18.5. The topological polar surface area (TPSA) is 119 Å². The molecule has 3 N–H and O–H groups in total. The smallest absolute Gasteiger partial charge is 0.306 e. The Morgan fingerprint density at radius 3 is 2.42 bits per heavy atom. The van der Waals surface area contributed by atoms with E-state index in [-0.39, 0.29) is 31.9 Å². The summed E-state index contributed by atoms with van der Waals surface area (Å²) >= 11 is 5.24. The number of alkyl halides is 2. The van der Waals surface area contributed by atoms with Gasteiger partial charge in [0.2, 0.25) is 11.8 Å². The zero-order chi connectivity index (χ0) is 24.2. The molecule has 1 aliphatic rings. The number of hydrogen-bond donors (Lipinski definition) is 2. The summed E-state index contributed by atoms with van der Waals surface area (Å²) in [5.74, 6) is -3.65. The molecule has 10 heteroatoms. The van der Waals surface area contributed by atoms with Crippen molar-refractivity contribution in [1.29, 1.82) is 0 Å². The van der Waals surface area contributed by atoms with Crippen LogP contribution in [-0.2, 0) is 30.5 Å². The Labute approximate surface area is 197 Å². The van der Waals surface area contributed by atoms with Gasteiger partial charge in [0.15, 0.2) is 0 Å². The van der Waals surface area contributed by atoms with Crippen LogP contribution in [0, 0.1) is 11.8 Å². The third kappa shape index (κ3) is 9.77. The maximum atomic E-state index is 13.4. The van der Waals surface area contributed by atoms with E-state index in [1.807, 2.05) is 30.3 Å². The van der Waals surface area contributed by atoms with Gasteiger partial charge in [0.25, 0.3) is 11.5 Å². The first-order valence-corrected chi connectivity index (χ1v) is 11.6. The van der Waals surface area contributed by atoms with Crippen molar-refractivity contribution in [3.63, 3.8) is 0 Å². The molecule has 1 aliphatic carbocycles. The number of rotatable bonds is 11. The molecule has 1 aromatic rings. The lowest BCUT2D eigenvalue weighted by molar-refractivity contribution is -0.151. The summed E-state index contributed by atoms with van der Waals surface area (Å²) < 4.78 is 18.7. The summed E-state index contributed by atoms with van der Waals surface area (Å²) in [6, 6.07) is 9.15. The average molecular weight is 484 g/mol. The Balaban J connectivity index is 2.05. The summed E-state index contributed by atoms with van der Waals surface area (Å²) in [6.45, 7) is -0.252. The Kier molecular flexibility index (Phi) is 11.1. The molecule has 0 aliphatic heterocycles. The van der Waals surface area contributed by atoms with Crippen molar-refractivity contribution in [3.05, 3.63) is 35.9 Å². The molecule has 8 nitrogen and oxygen atoms in total. The molecule has 2 atom stereocenters. The van der Waals surface area contributed by atoms with Gasteiger partial charge in [-0.1, -0.05) is 74.0 Å². The van der Waals surface area contributed by atoms with Crippen molar-refractivity contribution in [2.45, 2.75) is 63.6 Å². The van der Waals surface area contributed by atoms with Gasteiger partial charge in [0.1, 0.15) is 6.61 Å². The summed E-state index contributed by atoms with van der Waals surface area (Å²) in [5, 5.41) is 0.647. The normalized spacial score (nSPS) is 15.8. The number of amides is 3. The van der Waals surface area contributed by atoms with Gasteiger partial charge in [0.05, 0.1) is 18.9 Å². The lowest BCUT2D eigenvalue weighted by atomic mass is 9.81. The summed E-state index contributed by atoms with van der Waals surface area (Å²) in [5.41, 5.74) is 5.85. The highest BCUT2D eigenvalue weighted by Crippen LogP contribution is 2.30. The minimum absolute atomic E-state index is 0.0798. The molecule has 1 fully saturated rings. The molecule has 2 rings (SSSR count). The number of esters is 1. The first-order chi connectivity index (χ1) is 15.8. The largest absolute Gasteiger partial charge is 0.461 e. The van der Waals surface area contributed by atoms with Crippen molar-refractivity contribution in [3.8, 4) is 0 Å². The van der Waals surface area contributed by atoms with Crippen LogP contribution in [0.1, 0.15) is 56.9 Å². The van der Waals surface area contributed by atoms with Crippen LogP contribution in [0.4, 0.5) is 4.39 Å². The standard InChI is InChI=1S/C23H31ClFN3O5/c24-21(25)23(32)28(12-11-19(26)29)27-22(31)18(13-16-7-3-1-4-8-16)14-20(30)33-15-17-9-5-2-6-10-17/h2,5-6,9-10,16,18,21H,1,3-4,7-8,11-15H2,(H2,26,29)(H,27,31)/t18-,21+/m1/s1. The second-order valence-electron chi connectivity index (χ2n) is 8.27. The van der Waals surface area contributed by atoms with Crippen molar-refractivity contribution in [2.24, 2.45) is 17.6 Å². The molecule has 33 heavy (non-hydrogen) atoms. The molecule has 1 saturated carbocycles. The van der Waals surface area contributed by atoms with Gasteiger partial charge >= 0.3 is 5.97 Å². The number of primary amides is 1. The molecule has 0 bridgehead atoms. The number of halogens is 2. The number of carbonyl (C=O) groups excluding carboxylic acids is 4. The molecule has 0 unspecified atom stereocenters. The van der Waals surface area contributed by atoms with Gasteiger partial charge in [-0.15, -0.1) is 0 Å². The zero-order valence-corrected chi connectivity index (χ0v) is 19.3. The molecular formula is C23H31ClFN3O5. The molecule has 0 aromatic heterocycles. The monoisotopic (exact) mass is 483 g/mol. The summed E-state index contributed by atoms with van der Waals surface area (Å²) in [6.07, 6.45) is 5.09. The predicted octanol–water partition coefficient (Wildman–Crippen LogP) is 2.98. The van der Waals surface area contributed by atoms with Crippen molar-refractivity contribution < 1.29 is 28.3 Å². The fraction of sp³-hybridized carbons (Fsp3) is 0.565.